The predicted octanol–water partition coefficient (Wildman–Crippen LogP) is 2.62. The molecule has 1 rings (SSSR count). The Labute approximate surface area is 122 Å². The fourth-order valence-electron chi connectivity index (χ4n) is 2.08. The van der Waals surface area contributed by atoms with E-state index < -0.39 is 10.0 Å². The van der Waals surface area contributed by atoms with Crippen molar-refractivity contribution in [1.82, 2.24) is 9.71 Å². The van der Waals surface area contributed by atoms with Gasteiger partial charge in [-0.2, -0.15) is 0 Å². The Hall–Kier alpha value is -1.14. The Kier molecular flexibility index (Phi) is 6.42. The zero-order chi connectivity index (χ0) is 15.2. The fourth-order valence-corrected chi connectivity index (χ4v) is 3.47. The number of hydrogen-bond acceptors (Lipinski definition) is 4. The number of pyridine rings is 1. The summed E-state index contributed by atoms with van der Waals surface area (Å²) < 4.78 is 27.5. The van der Waals surface area contributed by atoms with Crippen LogP contribution in [-0.4, -0.2) is 26.0 Å². The van der Waals surface area contributed by atoms with Crippen LogP contribution < -0.4 is 10.0 Å². The van der Waals surface area contributed by atoms with E-state index in [0.29, 0.717) is 11.6 Å². The Balaban J connectivity index is 2.91. The van der Waals surface area contributed by atoms with Gasteiger partial charge in [-0.1, -0.05) is 20.8 Å². The molecule has 0 fully saturated rings. The van der Waals surface area contributed by atoms with Crippen molar-refractivity contribution in [3.8, 4) is 0 Å². The third-order valence-corrected chi connectivity index (χ3v) is 4.44. The van der Waals surface area contributed by atoms with Crippen LogP contribution in [0.3, 0.4) is 0 Å². The molecular formula is C14H25N3O2S. The number of nitrogens with one attached hydrogen (secondary N) is 2. The van der Waals surface area contributed by atoms with E-state index in [4.69, 9.17) is 0 Å². The second kappa shape index (κ2) is 7.59. The first-order chi connectivity index (χ1) is 9.36. The molecule has 0 spiro atoms. The molecular weight excluding hydrogens is 274 g/mol. The van der Waals surface area contributed by atoms with Crippen LogP contribution >= 0.6 is 0 Å². The van der Waals surface area contributed by atoms with Crippen LogP contribution in [0, 0.1) is 5.92 Å². The number of nitrogens with zero attached hydrogens (tertiary/aromatic N) is 1. The molecule has 0 saturated heterocycles. The predicted molar refractivity (Wildman–Crippen MR) is 82.3 cm³/mol. The first kappa shape index (κ1) is 16.9. The summed E-state index contributed by atoms with van der Waals surface area (Å²) in [4.78, 5) is 4.14. The highest BCUT2D eigenvalue weighted by Gasteiger charge is 2.21. The van der Waals surface area contributed by atoms with Gasteiger partial charge in [-0.3, -0.25) is 4.98 Å². The topological polar surface area (TPSA) is 71.1 Å². The van der Waals surface area contributed by atoms with Crippen LogP contribution in [-0.2, 0) is 10.0 Å². The van der Waals surface area contributed by atoms with E-state index in [1.165, 1.54) is 6.20 Å². The number of anilines is 1. The first-order valence-electron chi connectivity index (χ1n) is 7.07. The number of hydrogen-bond donors (Lipinski definition) is 2. The lowest BCUT2D eigenvalue weighted by atomic mass is 10.1. The van der Waals surface area contributed by atoms with Crippen molar-refractivity contribution in [3.63, 3.8) is 0 Å². The van der Waals surface area contributed by atoms with Crippen LogP contribution in [0.25, 0.3) is 0 Å². The number of sulfonamides is 1. The van der Waals surface area contributed by atoms with Crippen LogP contribution in [0.5, 0.6) is 0 Å². The largest absolute Gasteiger partial charge is 0.384 e. The minimum absolute atomic E-state index is 0.0979. The monoisotopic (exact) mass is 299 g/mol. The van der Waals surface area contributed by atoms with E-state index in [1.54, 1.807) is 12.3 Å². The summed E-state index contributed by atoms with van der Waals surface area (Å²) in [5.74, 6) is 0.444. The summed E-state index contributed by atoms with van der Waals surface area (Å²) in [6, 6.07) is 1.59. The lowest BCUT2D eigenvalue weighted by molar-refractivity contribution is 0.482. The SMILES string of the molecule is CCCNc1ccncc1S(=O)(=O)NC(C)CC(C)C. The van der Waals surface area contributed by atoms with Crippen molar-refractivity contribution < 1.29 is 8.42 Å². The number of rotatable bonds is 8. The molecule has 1 aromatic heterocycles. The van der Waals surface area contributed by atoms with Gasteiger partial charge in [0.05, 0.1) is 5.69 Å². The Morgan fingerprint density at radius 3 is 2.60 bits per heavy atom. The summed E-state index contributed by atoms with van der Waals surface area (Å²) in [6.45, 7) is 8.79. The van der Waals surface area contributed by atoms with E-state index >= 15 is 0 Å². The maximum atomic E-state index is 12.4. The van der Waals surface area contributed by atoms with Gasteiger partial charge in [-0.25, -0.2) is 13.1 Å². The van der Waals surface area contributed by atoms with Gasteiger partial charge in [-0.05, 0) is 31.7 Å². The molecule has 0 amide bonds. The fraction of sp³-hybridized carbons (Fsp3) is 0.643. The lowest BCUT2D eigenvalue weighted by Crippen LogP contribution is -2.34. The molecule has 0 bridgehead atoms. The average molecular weight is 299 g/mol. The third-order valence-electron chi connectivity index (χ3n) is 2.82. The summed E-state index contributed by atoms with van der Waals surface area (Å²) in [7, 11) is -3.54. The zero-order valence-electron chi connectivity index (χ0n) is 12.7. The van der Waals surface area contributed by atoms with Gasteiger partial charge < -0.3 is 5.32 Å². The minimum Gasteiger partial charge on any atom is -0.384 e. The molecule has 114 valence electrons. The van der Waals surface area contributed by atoms with E-state index in [1.807, 2.05) is 13.8 Å². The minimum atomic E-state index is -3.54. The van der Waals surface area contributed by atoms with E-state index in [9.17, 15) is 8.42 Å². The zero-order valence-corrected chi connectivity index (χ0v) is 13.5. The molecule has 1 heterocycles. The lowest BCUT2D eigenvalue weighted by Gasteiger charge is -2.17. The summed E-state index contributed by atoms with van der Waals surface area (Å²) in [6.07, 6.45) is 4.72. The average Bonchev–Trinajstić information content (AvgIpc) is 2.34. The van der Waals surface area contributed by atoms with Gasteiger partial charge in [0.2, 0.25) is 10.0 Å². The normalized spacial score (nSPS) is 13.4. The van der Waals surface area contributed by atoms with Crippen molar-refractivity contribution in [2.75, 3.05) is 11.9 Å². The van der Waals surface area contributed by atoms with Gasteiger partial charge >= 0.3 is 0 Å². The van der Waals surface area contributed by atoms with Crippen LogP contribution in [0.1, 0.15) is 40.5 Å². The van der Waals surface area contributed by atoms with Gasteiger partial charge in [-0.15, -0.1) is 0 Å². The molecule has 0 aliphatic rings. The van der Waals surface area contributed by atoms with Gasteiger partial charge in [0.1, 0.15) is 4.90 Å². The van der Waals surface area contributed by atoms with Gasteiger partial charge in [0.15, 0.2) is 0 Å². The van der Waals surface area contributed by atoms with E-state index in [0.717, 1.165) is 19.4 Å². The Morgan fingerprint density at radius 2 is 2.00 bits per heavy atom. The summed E-state index contributed by atoms with van der Waals surface area (Å²) in [5, 5.41) is 3.12. The highest BCUT2D eigenvalue weighted by atomic mass is 32.2. The molecule has 6 heteroatoms. The van der Waals surface area contributed by atoms with E-state index in [2.05, 4.69) is 28.9 Å². The Bertz CT molecular complexity index is 515. The van der Waals surface area contributed by atoms with Crippen LogP contribution in [0.4, 0.5) is 5.69 Å². The molecule has 1 unspecified atom stereocenters. The molecule has 0 saturated carbocycles. The molecule has 2 N–H and O–H groups in total. The van der Waals surface area contributed by atoms with Crippen molar-refractivity contribution in [1.29, 1.82) is 0 Å². The molecule has 0 aliphatic carbocycles. The number of aromatic nitrogens is 1. The highest BCUT2D eigenvalue weighted by molar-refractivity contribution is 7.89. The van der Waals surface area contributed by atoms with Crippen LogP contribution in [0.15, 0.2) is 23.4 Å². The molecule has 0 aromatic carbocycles. The van der Waals surface area contributed by atoms with E-state index in [-0.39, 0.29) is 10.9 Å². The quantitative estimate of drug-likeness (QED) is 0.774. The van der Waals surface area contributed by atoms with Crippen molar-refractivity contribution in [2.45, 2.75) is 51.5 Å². The van der Waals surface area contributed by atoms with Crippen molar-refractivity contribution >= 4 is 15.7 Å². The highest BCUT2D eigenvalue weighted by Crippen LogP contribution is 2.20. The maximum absolute atomic E-state index is 12.4. The second-order valence-corrected chi connectivity index (χ2v) is 7.13. The third kappa shape index (κ3) is 5.09. The van der Waals surface area contributed by atoms with Crippen LogP contribution in [0.2, 0.25) is 0 Å². The smallest absolute Gasteiger partial charge is 0.244 e. The second-order valence-electron chi connectivity index (χ2n) is 5.45. The molecule has 1 atom stereocenters. The molecule has 0 radical (unpaired) electrons. The first-order valence-corrected chi connectivity index (χ1v) is 8.55. The standard InChI is InChI=1S/C14H25N3O2S/c1-5-7-16-13-6-8-15-10-14(13)20(18,19)17-12(4)9-11(2)3/h6,8,10-12,17H,5,7,9H2,1-4H3,(H,15,16). The van der Waals surface area contributed by atoms with Gasteiger partial charge in [0.25, 0.3) is 0 Å². The van der Waals surface area contributed by atoms with Crippen molar-refractivity contribution in [3.05, 3.63) is 18.5 Å². The van der Waals surface area contributed by atoms with Crippen molar-refractivity contribution in [2.24, 2.45) is 5.92 Å². The summed E-state index contributed by atoms with van der Waals surface area (Å²) >= 11 is 0. The molecule has 20 heavy (non-hydrogen) atoms. The van der Waals surface area contributed by atoms with Gasteiger partial charge in [0, 0.05) is 25.0 Å². The molecule has 1 aromatic rings. The maximum Gasteiger partial charge on any atom is 0.244 e. The summed E-state index contributed by atoms with van der Waals surface area (Å²) in [5.41, 5.74) is 0.603. The molecule has 5 nitrogen and oxygen atoms in total. The molecule has 0 aliphatic heterocycles. The Morgan fingerprint density at radius 1 is 1.30 bits per heavy atom.